The minimum atomic E-state index is -2.91. The van der Waals surface area contributed by atoms with Crippen molar-refractivity contribution >= 4 is 15.5 Å². The monoisotopic (exact) mass is 264 g/mol. The Bertz CT molecular complexity index is 616. The van der Waals surface area contributed by atoms with Gasteiger partial charge in [0.25, 0.3) is 0 Å². The van der Waals surface area contributed by atoms with Gasteiger partial charge in [0.1, 0.15) is 0 Å². The second-order valence-corrected chi connectivity index (χ2v) is 7.35. The summed E-state index contributed by atoms with van der Waals surface area (Å²) < 4.78 is 23.0. The molecule has 1 aliphatic rings. The van der Waals surface area contributed by atoms with Gasteiger partial charge in [-0.25, -0.2) is 8.42 Å². The van der Waals surface area contributed by atoms with E-state index in [4.69, 9.17) is 5.26 Å². The lowest BCUT2D eigenvalue weighted by Crippen LogP contribution is -2.35. The second-order valence-electron chi connectivity index (χ2n) is 5.17. The fourth-order valence-corrected chi connectivity index (χ4v) is 4.42. The van der Waals surface area contributed by atoms with Crippen molar-refractivity contribution in [3.05, 3.63) is 29.3 Å². The van der Waals surface area contributed by atoms with Crippen molar-refractivity contribution in [2.75, 3.05) is 16.8 Å². The molecule has 1 heterocycles. The fourth-order valence-electron chi connectivity index (χ4n) is 2.32. The highest BCUT2D eigenvalue weighted by Gasteiger charge is 2.38. The van der Waals surface area contributed by atoms with Gasteiger partial charge in [0.05, 0.1) is 23.1 Å². The van der Waals surface area contributed by atoms with Crippen LogP contribution >= 0.6 is 0 Å². The number of benzene rings is 1. The van der Waals surface area contributed by atoms with Gasteiger partial charge in [0.15, 0.2) is 9.84 Å². The minimum Gasteiger partial charge on any atom is -0.379 e. The average molecular weight is 264 g/mol. The molecular formula is C13H16N2O2S. The maximum absolute atomic E-state index is 11.5. The Labute approximate surface area is 108 Å². The first-order chi connectivity index (χ1) is 8.34. The van der Waals surface area contributed by atoms with E-state index in [9.17, 15) is 8.42 Å². The maximum Gasteiger partial charge on any atom is 0.152 e. The zero-order valence-electron chi connectivity index (χ0n) is 10.5. The summed E-state index contributed by atoms with van der Waals surface area (Å²) in [6, 6.07) is 7.57. The zero-order chi connectivity index (χ0) is 13.4. The molecule has 0 bridgehead atoms. The van der Waals surface area contributed by atoms with Crippen LogP contribution < -0.4 is 5.32 Å². The van der Waals surface area contributed by atoms with E-state index in [1.807, 2.05) is 26.0 Å². The van der Waals surface area contributed by atoms with Crippen molar-refractivity contribution in [2.24, 2.45) is 0 Å². The summed E-state index contributed by atoms with van der Waals surface area (Å²) in [4.78, 5) is 0. The highest BCUT2D eigenvalue weighted by Crippen LogP contribution is 2.28. The molecule has 5 heteroatoms. The summed E-state index contributed by atoms with van der Waals surface area (Å²) in [5.74, 6) is 0.408. The number of rotatable bonds is 2. The summed E-state index contributed by atoms with van der Waals surface area (Å²) in [6.45, 7) is 3.79. The molecule has 0 saturated carbocycles. The van der Waals surface area contributed by atoms with Crippen molar-refractivity contribution in [3.63, 3.8) is 0 Å². The molecule has 0 aromatic heterocycles. The molecule has 1 unspecified atom stereocenters. The van der Waals surface area contributed by atoms with Gasteiger partial charge in [-0.1, -0.05) is 0 Å². The van der Waals surface area contributed by atoms with Gasteiger partial charge in [0.2, 0.25) is 0 Å². The predicted octanol–water partition coefficient (Wildman–Crippen LogP) is 1.86. The lowest BCUT2D eigenvalue weighted by atomic mass is 10.0. The Balaban J connectivity index is 2.21. The van der Waals surface area contributed by atoms with Gasteiger partial charge in [-0.15, -0.1) is 0 Å². The molecule has 1 N–H and O–H groups in total. The zero-order valence-corrected chi connectivity index (χ0v) is 11.3. The second kappa shape index (κ2) is 4.29. The van der Waals surface area contributed by atoms with Crippen LogP contribution in [0.3, 0.4) is 0 Å². The number of nitrogens with zero attached hydrogens (tertiary/aromatic N) is 1. The average Bonchev–Trinajstić information content (AvgIpc) is 2.53. The van der Waals surface area contributed by atoms with Crippen LogP contribution in [0.2, 0.25) is 0 Å². The predicted molar refractivity (Wildman–Crippen MR) is 71.2 cm³/mol. The number of aryl methyl sites for hydroxylation is 1. The van der Waals surface area contributed by atoms with E-state index in [0.29, 0.717) is 12.0 Å². The van der Waals surface area contributed by atoms with Crippen LogP contribution in [0.15, 0.2) is 18.2 Å². The van der Waals surface area contributed by atoms with Crippen molar-refractivity contribution in [1.82, 2.24) is 0 Å². The van der Waals surface area contributed by atoms with Crippen LogP contribution in [-0.4, -0.2) is 25.5 Å². The van der Waals surface area contributed by atoms with E-state index >= 15 is 0 Å². The number of sulfone groups is 1. The normalized spacial score (nSPS) is 25.6. The third kappa shape index (κ3) is 2.65. The van der Waals surface area contributed by atoms with Crippen LogP contribution in [0, 0.1) is 18.3 Å². The number of anilines is 1. The summed E-state index contributed by atoms with van der Waals surface area (Å²) in [5, 5.41) is 12.1. The molecule has 0 radical (unpaired) electrons. The number of nitrogens with one attached hydrogen (secondary N) is 1. The Hall–Kier alpha value is -1.54. The van der Waals surface area contributed by atoms with Crippen LogP contribution in [0.5, 0.6) is 0 Å². The van der Waals surface area contributed by atoms with Crippen LogP contribution in [0.4, 0.5) is 5.69 Å². The lowest BCUT2D eigenvalue weighted by Gasteiger charge is -2.25. The Morgan fingerprint density at radius 2 is 2.17 bits per heavy atom. The fraction of sp³-hybridized carbons (Fsp3) is 0.462. The smallest absolute Gasteiger partial charge is 0.152 e. The molecule has 1 saturated heterocycles. The Morgan fingerprint density at radius 1 is 1.44 bits per heavy atom. The first-order valence-corrected chi connectivity index (χ1v) is 7.65. The molecule has 1 aliphatic heterocycles. The van der Waals surface area contributed by atoms with Crippen molar-refractivity contribution in [3.8, 4) is 6.07 Å². The highest BCUT2D eigenvalue weighted by atomic mass is 32.2. The van der Waals surface area contributed by atoms with Gasteiger partial charge in [-0.05, 0) is 44.0 Å². The van der Waals surface area contributed by atoms with Gasteiger partial charge in [-0.2, -0.15) is 5.26 Å². The molecule has 2 rings (SSSR count). The molecule has 18 heavy (non-hydrogen) atoms. The first-order valence-electron chi connectivity index (χ1n) is 5.83. The van der Waals surface area contributed by atoms with Crippen molar-refractivity contribution in [2.45, 2.75) is 25.8 Å². The summed E-state index contributed by atoms with van der Waals surface area (Å²) >= 11 is 0. The maximum atomic E-state index is 11.5. The molecule has 96 valence electrons. The lowest BCUT2D eigenvalue weighted by molar-refractivity contribution is 0.574. The standard InChI is InChI=1S/C13H16N2O2S/c1-10-7-12(4-3-11(10)8-14)15-13(2)5-6-18(16,17)9-13/h3-4,7,15H,5-6,9H2,1-2H3. The molecular weight excluding hydrogens is 248 g/mol. The molecule has 4 nitrogen and oxygen atoms in total. The number of nitriles is 1. The first kappa shape index (κ1) is 12.9. The third-order valence-corrected chi connectivity index (χ3v) is 5.20. The largest absolute Gasteiger partial charge is 0.379 e. The summed E-state index contributed by atoms with van der Waals surface area (Å²) in [7, 11) is -2.91. The van der Waals surface area contributed by atoms with E-state index in [1.165, 1.54) is 0 Å². The van der Waals surface area contributed by atoms with E-state index < -0.39 is 15.4 Å². The summed E-state index contributed by atoms with van der Waals surface area (Å²) in [5.41, 5.74) is 2.00. The van der Waals surface area contributed by atoms with Crippen LogP contribution in [0.25, 0.3) is 0 Å². The number of hydrogen-bond acceptors (Lipinski definition) is 4. The van der Waals surface area contributed by atoms with Crippen molar-refractivity contribution < 1.29 is 8.42 Å². The van der Waals surface area contributed by atoms with E-state index in [2.05, 4.69) is 11.4 Å². The Kier molecular flexibility index (Phi) is 3.07. The molecule has 1 atom stereocenters. The van der Waals surface area contributed by atoms with Crippen LogP contribution in [-0.2, 0) is 9.84 Å². The molecule has 0 amide bonds. The highest BCUT2D eigenvalue weighted by molar-refractivity contribution is 7.91. The molecule has 0 aliphatic carbocycles. The topological polar surface area (TPSA) is 70.0 Å². The Morgan fingerprint density at radius 3 is 2.67 bits per heavy atom. The molecule has 1 aromatic carbocycles. The van der Waals surface area contributed by atoms with E-state index in [1.54, 1.807) is 6.07 Å². The van der Waals surface area contributed by atoms with Gasteiger partial charge < -0.3 is 5.32 Å². The van der Waals surface area contributed by atoms with E-state index in [0.717, 1.165) is 11.3 Å². The van der Waals surface area contributed by atoms with Crippen LogP contribution in [0.1, 0.15) is 24.5 Å². The molecule has 1 fully saturated rings. The quantitative estimate of drug-likeness (QED) is 0.885. The number of hydrogen-bond donors (Lipinski definition) is 1. The van der Waals surface area contributed by atoms with Gasteiger partial charge in [0, 0.05) is 11.2 Å². The van der Waals surface area contributed by atoms with E-state index in [-0.39, 0.29) is 11.5 Å². The van der Waals surface area contributed by atoms with Gasteiger partial charge in [-0.3, -0.25) is 0 Å². The summed E-state index contributed by atoms with van der Waals surface area (Å²) in [6.07, 6.45) is 0.619. The third-order valence-electron chi connectivity index (χ3n) is 3.30. The van der Waals surface area contributed by atoms with Crippen molar-refractivity contribution in [1.29, 1.82) is 5.26 Å². The van der Waals surface area contributed by atoms with Gasteiger partial charge >= 0.3 is 0 Å². The molecule has 1 aromatic rings. The minimum absolute atomic E-state index is 0.166. The SMILES string of the molecule is Cc1cc(NC2(C)CCS(=O)(=O)C2)ccc1C#N. The molecule has 0 spiro atoms.